The van der Waals surface area contributed by atoms with Crippen molar-refractivity contribution >= 4 is 11.6 Å². The second kappa shape index (κ2) is 18.1. The van der Waals surface area contributed by atoms with E-state index in [0.717, 1.165) is 13.0 Å². The summed E-state index contributed by atoms with van der Waals surface area (Å²) < 4.78 is 26.7. The van der Waals surface area contributed by atoms with E-state index in [4.69, 9.17) is 35.3 Å². The third-order valence-electron chi connectivity index (χ3n) is 2.81. The van der Waals surface area contributed by atoms with E-state index in [2.05, 4.69) is 13.8 Å². The fourth-order valence-corrected chi connectivity index (χ4v) is 1.45. The molecule has 0 saturated carbocycles. The lowest BCUT2D eigenvalue weighted by Gasteiger charge is -2.10. The van der Waals surface area contributed by atoms with Crippen LogP contribution in [0.4, 0.5) is 0 Å². The first-order valence-electron chi connectivity index (χ1n) is 7.75. The van der Waals surface area contributed by atoms with Crippen LogP contribution >= 0.6 is 11.6 Å². The van der Waals surface area contributed by atoms with E-state index in [-0.39, 0.29) is 0 Å². The van der Waals surface area contributed by atoms with Crippen LogP contribution in [-0.2, 0) is 23.7 Å². The molecule has 0 aliphatic heterocycles. The Hall–Kier alpha value is 0.0900. The zero-order valence-electron chi connectivity index (χ0n) is 13.5. The fourth-order valence-electron chi connectivity index (χ4n) is 1.34. The minimum Gasteiger partial charge on any atom is -0.379 e. The number of alkyl halides is 1. The molecule has 0 aliphatic carbocycles. The molecule has 21 heavy (non-hydrogen) atoms. The summed E-state index contributed by atoms with van der Waals surface area (Å²) in [5, 5.41) is 0. The summed E-state index contributed by atoms with van der Waals surface area (Å²) in [4.78, 5) is 0. The summed E-state index contributed by atoms with van der Waals surface area (Å²) in [6.45, 7) is 10.5. The van der Waals surface area contributed by atoms with Crippen LogP contribution in [0, 0.1) is 5.92 Å². The van der Waals surface area contributed by atoms with Gasteiger partial charge in [-0.25, -0.2) is 0 Å². The molecular formula is C15H31ClO5. The molecule has 0 aromatic carbocycles. The first kappa shape index (κ1) is 21.1. The van der Waals surface area contributed by atoms with Crippen molar-refractivity contribution in [1.29, 1.82) is 0 Å². The Morgan fingerprint density at radius 1 is 0.667 bits per heavy atom. The average molecular weight is 327 g/mol. The van der Waals surface area contributed by atoms with Crippen LogP contribution in [0.2, 0.25) is 0 Å². The van der Waals surface area contributed by atoms with E-state index in [1.165, 1.54) is 0 Å². The van der Waals surface area contributed by atoms with E-state index in [0.29, 0.717) is 71.3 Å². The number of hydrogen-bond acceptors (Lipinski definition) is 5. The van der Waals surface area contributed by atoms with E-state index >= 15 is 0 Å². The number of hydrogen-bond donors (Lipinski definition) is 0. The van der Waals surface area contributed by atoms with Crippen LogP contribution in [0.1, 0.15) is 20.3 Å². The Bertz CT molecular complexity index is 195. The normalized spacial score (nSPS) is 12.7. The monoisotopic (exact) mass is 326 g/mol. The highest BCUT2D eigenvalue weighted by Crippen LogP contribution is 1.99. The van der Waals surface area contributed by atoms with Gasteiger partial charge in [-0.15, -0.1) is 11.6 Å². The van der Waals surface area contributed by atoms with E-state index in [9.17, 15) is 0 Å². The van der Waals surface area contributed by atoms with Gasteiger partial charge in [-0.05, 0) is 5.92 Å². The number of halogens is 1. The van der Waals surface area contributed by atoms with Crippen LogP contribution in [0.15, 0.2) is 0 Å². The molecule has 0 bridgehead atoms. The minimum absolute atomic E-state index is 0.520. The van der Waals surface area contributed by atoms with Crippen molar-refractivity contribution in [3.8, 4) is 0 Å². The molecule has 1 atom stereocenters. The number of ether oxygens (including phenoxy) is 5. The summed E-state index contributed by atoms with van der Waals surface area (Å²) >= 11 is 5.47. The molecule has 1 unspecified atom stereocenters. The third kappa shape index (κ3) is 18.0. The highest BCUT2D eigenvalue weighted by atomic mass is 35.5. The van der Waals surface area contributed by atoms with Crippen molar-refractivity contribution in [3.05, 3.63) is 0 Å². The standard InChI is InChI=1S/C15H31ClO5/c1-3-15(2)14-21-13-12-20-11-10-19-9-8-18-7-6-17-5-4-16/h15H,3-14H2,1-2H3. The molecule has 5 nitrogen and oxygen atoms in total. The van der Waals surface area contributed by atoms with Crippen molar-refractivity contribution in [2.24, 2.45) is 5.92 Å². The zero-order chi connectivity index (χ0) is 15.6. The average Bonchev–Trinajstić information content (AvgIpc) is 2.50. The van der Waals surface area contributed by atoms with Gasteiger partial charge in [-0.1, -0.05) is 20.3 Å². The second-order valence-corrected chi connectivity index (χ2v) is 5.10. The lowest BCUT2D eigenvalue weighted by molar-refractivity contribution is -0.0124. The molecule has 0 fully saturated rings. The molecule has 0 aliphatic rings. The molecule has 6 heteroatoms. The highest BCUT2D eigenvalue weighted by molar-refractivity contribution is 6.17. The van der Waals surface area contributed by atoms with Crippen LogP contribution < -0.4 is 0 Å². The predicted octanol–water partition coefficient (Wildman–Crippen LogP) is 2.35. The second-order valence-electron chi connectivity index (χ2n) is 4.73. The molecule has 0 heterocycles. The first-order chi connectivity index (χ1) is 10.3. The molecule has 0 spiro atoms. The topological polar surface area (TPSA) is 46.2 Å². The van der Waals surface area contributed by atoms with Gasteiger partial charge in [-0.3, -0.25) is 0 Å². The van der Waals surface area contributed by atoms with Gasteiger partial charge in [0.05, 0.1) is 59.5 Å². The zero-order valence-corrected chi connectivity index (χ0v) is 14.2. The number of rotatable bonds is 17. The van der Waals surface area contributed by atoms with Crippen LogP contribution in [0.25, 0.3) is 0 Å². The predicted molar refractivity (Wildman–Crippen MR) is 84.3 cm³/mol. The summed E-state index contributed by atoms with van der Waals surface area (Å²) in [7, 11) is 0. The van der Waals surface area contributed by atoms with Crippen LogP contribution in [0.3, 0.4) is 0 Å². The summed E-state index contributed by atoms with van der Waals surface area (Å²) in [6, 6.07) is 0. The van der Waals surface area contributed by atoms with Crippen molar-refractivity contribution in [1.82, 2.24) is 0 Å². The summed E-state index contributed by atoms with van der Waals surface area (Å²) in [5.41, 5.74) is 0. The van der Waals surface area contributed by atoms with Crippen LogP contribution in [-0.4, -0.2) is 71.9 Å². The van der Waals surface area contributed by atoms with Crippen molar-refractivity contribution in [2.45, 2.75) is 20.3 Å². The molecule has 0 aromatic rings. The SMILES string of the molecule is CCC(C)COCCOCCOCCOCCOCCCl. The molecule has 0 radical (unpaired) electrons. The quantitative estimate of drug-likeness (QED) is 0.303. The lowest BCUT2D eigenvalue weighted by Crippen LogP contribution is -2.14. The third-order valence-corrected chi connectivity index (χ3v) is 2.96. The van der Waals surface area contributed by atoms with Gasteiger partial charge in [0.25, 0.3) is 0 Å². The Kier molecular flexibility index (Phi) is 18.2. The van der Waals surface area contributed by atoms with Crippen molar-refractivity contribution in [2.75, 3.05) is 71.9 Å². The molecule has 0 aromatic heterocycles. The molecule has 0 N–H and O–H groups in total. The minimum atomic E-state index is 0.520. The van der Waals surface area contributed by atoms with Gasteiger partial charge in [0, 0.05) is 12.5 Å². The van der Waals surface area contributed by atoms with Crippen molar-refractivity contribution in [3.63, 3.8) is 0 Å². The molecule has 0 saturated heterocycles. The van der Waals surface area contributed by atoms with Gasteiger partial charge in [0.15, 0.2) is 0 Å². The molecule has 128 valence electrons. The maximum atomic E-state index is 5.48. The first-order valence-corrected chi connectivity index (χ1v) is 8.29. The Labute approximate surface area is 134 Å². The van der Waals surface area contributed by atoms with Gasteiger partial charge in [-0.2, -0.15) is 0 Å². The summed E-state index contributed by atoms with van der Waals surface area (Å²) in [5.74, 6) is 1.14. The maximum Gasteiger partial charge on any atom is 0.0701 e. The van der Waals surface area contributed by atoms with Gasteiger partial charge in [0.2, 0.25) is 0 Å². The van der Waals surface area contributed by atoms with E-state index in [1.807, 2.05) is 0 Å². The highest BCUT2D eigenvalue weighted by Gasteiger charge is 1.98. The Balaban J connectivity index is 2.96. The van der Waals surface area contributed by atoms with Crippen LogP contribution in [0.5, 0.6) is 0 Å². The smallest absolute Gasteiger partial charge is 0.0701 e. The van der Waals surface area contributed by atoms with Crippen molar-refractivity contribution < 1.29 is 23.7 Å². The Morgan fingerprint density at radius 2 is 1.05 bits per heavy atom. The molecule has 0 amide bonds. The van der Waals surface area contributed by atoms with Gasteiger partial charge < -0.3 is 23.7 Å². The molecule has 0 rings (SSSR count). The Morgan fingerprint density at radius 3 is 1.43 bits per heavy atom. The lowest BCUT2D eigenvalue weighted by atomic mass is 10.1. The fraction of sp³-hybridized carbons (Fsp3) is 1.00. The van der Waals surface area contributed by atoms with E-state index in [1.54, 1.807) is 0 Å². The summed E-state index contributed by atoms with van der Waals surface area (Å²) in [6.07, 6.45) is 1.15. The van der Waals surface area contributed by atoms with E-state index < -0.39 is 0 Å². The van der Waals surface area contributed by atoms with Gasteiger partial charge >= 0.3 is 0 Å². The largest absolute Gasteiger partial charge is 0.379 e. The maximum absolute atomic E-state index is 5.48. The van der Waals surface area contributed by atoms with Gasteiger partial charge in [0.1, 0.15) is 0 Å². The molecular weight excluding hydrogens is 296 g/mol.